The second kappa shape index (κ2) is 9.38. The molecule has 9 heteroatoms. The van der Waals surface area contributed by atoms with E-state index in [4.69, 9.17) is 4.74 Å². The molecule has 1 aliphatic heterocycles. The van der Waals surface area contributed by atoms with Crippen molar-refractivity contribution < 1.29 is 9.53 Å². The quantitative estimate of drug-likeness (QED) is 0.650. The predicted molar refractivity (Wildman–Crippen MR) is 118 cm³/mol. The lowest BCUT2D eigenvalue weighted by molar-refractivity contribution is -0.133. The van der Waals surface area contributed by atoms with E-state index < -0.39 is 0 Å². The van der Waals surface area contributed by atoms with Gasteiger partial charge in [0, 0.05) is 56.0 Å². The molecule has 3 heterocycles. The third-order valence-corrected chi connectivity index (χ3v) is 4.97. The van der Waals surface area contributed by atoms with Crippen molar-refractivity contribution in [1.29, 1.82) is 0 Å². The number of ether oxygens (including phenoxy) is 1. The number of aromatic nitrogens is 4. The summed E-state index contributed by atoms with van der Waals surface area (Å²) < 4.78 is 5.37. The molecule has 1 amide bonds. The van der Waals surface area contributed by atoms with Gasteiger partial charge in [-0.15, -0.1) is 0 Å². The number of aryl methyl sites for hydroxylation is 2. The van der Waals surface area contributed by atoms with Crippen LogP contribution in [-0.2, 0) is 4.79 Å². The number of hydrogen-bond acceptors (Lipinski definition) is 8. The largest absolute Gasteiger partial charge is 0.453 e. The zero-order valence-electron chi connectivity index (χ0n) is 17.7. The Bertz CT molecular complexity index is 1020. The van der Waals surface area contributed by atoms with E-state index in [9.17, 15) is 4.79 Å². The first-order valence-corrected chi connectivity index (χ1v) is 10.2. The Labute approximate surface area is 181 Å². The molecular weight excluding hydrogens is 394 g/mol. The maximum Gasteiger partial charge on any atom is 0.316 e. The van der Waals surface area contributed by atoms with Crippen LogP contribution in [0.25, 0.3) is 0 Å². The first-order chi connectivity index (χ1) is 15.1. The molecule has 0 bridgehead atoms. The summed E-state index contributed by atoms with van der Waals surface area (Å²) in [4.78, 5) is 33.5. The lowest BCUT2D eigenvalue weighted by atomic mass is 10.2. The minimum atomic E-state index is -0.0762. The lowest BCUT2D eigenvalue weighted by Gasteiger charge is -2.35. The Morgan fingerprint density at radius 2 is 1.74 bits per heavy atom. The van der Waals surface area contributed by atoms with Crippen LogP contribution in [0.5, 0.6) is 6.01 Å². The van der Waals surface area contributed by atoms with Crippen molar-refractivity contribution in [1.82, 2.24) is 24.8 Å². The molecular formula is C22H25N7O2. The number of hydrogen-bond donors (Lipinski definition) is 1. The van der Waals surface area contributed by atoms with Crippen LogP contribution in [0.1, 0.15) is 11.3 Å². The number of carbonyl (C=O) groups excluding carboxylic acids is 1. The topological polar surface area (TPSA) is 96.4 Å². The monoisotopic (exact) mass is 419 g/mol. The van der Waals surface area contributed by atoms with Crippen molar-refractivity contribution in [2.45, 2.75) is 13.8 Å². The molecule has 1 N–H and O–H groups in total. The Kier molecular flexibility index (Phi) is 6.21. The van der Waals surface area contributed by atoms with Gasteiger partial charge in [-0.2, -0.15) is 4.98 Å². The molecule has 1 saturated heterocycles. The van der Waals surface area contributed by atoms with Crippen molar-refractivity contribution in [3.63, 3.8) is 0 Å². The molecule has 0 unspecified atom stereocenters. The summed E-state index contributed by atoms with van der Waals surface area (Å²) in [7, 11) is 0. The minimum absolute atomic E-state index is 0.0682. The molecule has 1 aliphatic rings. The molecule has 0 atom stereocenters. The van der Waals surface area contributed by atoms with Gasteiger partial charge in [0.05, 0.1) is 0 Å². The summed E-state index contributed by atoms with van der Waals surface area (Å²) in [6.07, 6.45) is 3.16. The van der Waals surface area contributed by atoms with Crippen LogP contribution in [0.15, 0.2) is 48.8 Å². The van der Waals surface area contributed by atoms with E-state index in [-0.39, 0.29) is 18.5 Å². The number of benzene rings is 1. The zero-order chi connectivity index (χ0) is 21.6. The molecule has 0 spiro atoms. The number of rotatable bonds is 6. The molecule has 0 aliphatic carbocycles. The van der Waals surface area contributed by atoms with E-state index in [2.05, 4.69) is 37.1 Å². The molecule has 1 fully saturated rings. The molecule has 31 heavy (non-hydrogen) atoms. The number of nitrogens with zero attached hydrogens (tertiary/aromatic N) is 6. The molecule has 2 aromatic heterocycles. The van der Waals surface area contributed by atoms with Gasteiger partial charge >= 0.3 is 6.01 Å². The van der Waals surface area contributed by atoms with E-state index in [0.717, 1.165) is 17.2 Å². The molecule has 4 rings (SSSR count). The number of anilines is 3. The fourth-order valence-corrected chi connectivity index (χ4v) is 3.30. The van der Waals surface area contributed by atoms with E-state index >= 15 is 0 Å². The van der Waals surface area contributed by atoms with E-state index in [1.165, 1.54) is 5.56 Å². The summed E-state index contributed by atoms with van der Waals surface area (Å²) >= 11 is 0. The summed E-state index contributed by atoms with van der Waals surface area (Å²) in [5, 5.41) is 3.27. The average Bonchev–Trinajstić information content (AvgIpc) is 2.79. The fourth-order valence-electron chi connectivity index (χ4n) is 3.30. The number of amides is 1. The highest BCUT2D eigenvalue weighted by Gasteiger charge is 2.23. The Morgan fingerprint density at radius 1 is 1.03 bits per heavy atom. The van der Waals surface area contributed by atoms with Crippen LogP contribution < -0.4 is 15.0 Å². The molecule has 3 aromatic rings. The second-order valence-corrected chi connectivity index (χ2v) is 7.37. The number of carbonyl (C=O) groups is 1. The third kappa shape index (κ3) is 5.44. The van der Waals surface area contributed by atoms with Gasteiger partial charge in [-0.25, -0.2) is 15.0 Å². The van der Waals surface area contributed by atoms with Gasteiger partial charge < -0.3 is 19.9 Å². The van der Waals surface area contributed by atoms with E-state index in [1.54, 1.807) is 23.4 Å². The highest BCUT2D eigenvalue weighted by atomic mass is 16.5. The Hall–Kier alpha value is -3.75. The van der Waals surface area contributed by atoms with Crippen LogP contribution in [0.4, 0.5) is 17.5 Å². The normalized spacial score (nSPS) is 13.7. The van der Waals surface area contributed by atoms with Crippen molar-refractivity contribution in [2.24, 2.45) is 0 Å². The molecule has 0 saturated carbocycles. The van der Waals surface area contributed by atoms with Crippen molar-refractivity contribution >= 4 is 23.4 Å². The Morgan fingerprint density at radius 3 is 2.45 bits per heavy atom. The molecule has 1 aromatic carbocycles. The maximum atomic E-state index is 12.4. The van der Waals surface area contributed by atoms with Gasteiger partial charge in [-0.05, 0) is 32.0 Å². The van der Waals surface area contributed by atoms with Gasteiger partial charge in [-0.3, -0.25) is 4.79 Å². The van der Waals surface area contributed by atoms with Crippen LogP contribution in [0.2, 0.25) is 0 Å². The fraction of sp³-hybridized carbons (Fsp3) is 0.318. The minimum Gasteiger partial charge on any atom is -0.453 e. The summed E-state index contributed by atoms with van der Waals surface area (Å²) in [5.41, 5.74) is 3.03. The van der Waals surface area contributed by atoms with Crippen molar-refractivity contribution in [3.8, 4) is 6.01 Å². The Balaban J connectivity index is 1.34. The van der Waals surface area contributed by atoms with Crippen LogP contribution >= 0.6 is 0 Å². The van der Waals surface area contributed by atoms with Gasteiger partial charge in [0.25, 0.3) is 5.91 Å². The van der Waals surface area contributed by atoms with Gasteiger partial charge in [0.2, 0.25) is 5.95 Å². The average molecular weight is 419 g/mol. The van der Waals surface area contributed by atoms with Crippen LogP contribution in [0, 0.1) is 13.8 Å². The number of piperazine rings is 1. The third-order valence-electron chi connectivity index (χ3n) is 4.97. The molecule has 9 nitrogen and oxygen atoms in total. The van der Waals surface area contributed by atoms with Gasteiger partial charge in [0.1, 0.15) is 5.82 Å². The summed E-state index contributed by atoms with van der Waals surface area (Å²) in [5.74, 6) is 1.34. The van der Waals surface area contributed by atoms with E-state index in [0.29, 0.717) is 32.1 Å². The number of nitrogens with one attached hydrogen (secondary N) is 1. The smallest absolute Gasteiger partial charge is 0.316 e. The lowest BCUT2D eigenvalue weighted by Crippen LogP contribution is -2.50. The van der Waals surface area contributed by atoms with E-state index in [1.807, 2.05) is 37.3 Å². The first-order valence-electron chi connectivity index (χ1n) is 10.2. The molecule has 0 radical (unpaired) electrons. The van der Waals surface area contributed by atoms with Gasteiger partial charge in [-0.1, -0.05) is 17.7 Å². The molecule has 160 valence electrons. The predicted octanol–water partition coefficient (Wildman–Crippen LogP) is 2.35. The van der Waals surface area contributed by atoms with Crippen LogP contribution in [-0.4, -0.2) is 63.5 Å². The van der Waals surface area contributed by atoms with Gasteiger partial charge in [0.15, 0.2) is 6.61 Å². The second-order valence-electron chi connectivity index (χ2n) is 7.37. The maximum absolute atomic E-state index is 12.4. The highest BCUT2D eigenvalue weighted by molar-refractivity contribution is 5.78. The van der Waals surface area contributed by atoms with Crippen molar-refractivity contribution in [3.05, 3.63) is 60.0 Å². The summed E-state index contributed by atoms with van der Waals surface area (Å²) in [6.45, 7) is 6.51. The zero-order valence-corrected chi connectivity index (χ0v) is 17.7. The first kappa shape index (κ1) is 20.5. The highest BCUT2D eigenvalue weighted by Crippen LogP contribution is 2.20. The summed E-state index contributed by atoms with van der Waals surface area (Å²) in [6, 6.07) is 12.0. The SMILES string of the molecule is Cc1ccc(Nc2nc(C)cc(N3CCN(C(=O)COc4ncccn4)CC3)n2)cc1. The van der Waals surface area contributed by atoms with Crippen molar-refractivity contribution in [2.75, 3.05) is 43.0 Å². The van der Waals surface area contributed by atoms with Crippen LogP contribution in [0.3, 0.4) is 0 Å². The standard InChI is InChI=1S/C22H25N7O2/c1-16-4-6-18(7-5-16)26-21-25-17(2)14-19(27-21)28-10-12-29(13-11-28)20(30)15-31-22-23-8-3-9-24-22/h3-9,14H,10-13,15H2,1-2H3,(H,25,26,27).